The summed E-state index contributed by atoms with van der Waals surface area (Å²) in [6.45, 7) is 7.49. The minimum atomic E-state index is -0.886. The molecule has 6 nitrogen and oxygen atoms in total. The molecule has 104 valence electrons. The summed E-state index contributed by atoms with van der Waals surface area (Å²) >= 11 is 0. The summed E-state index contributed by atoms with van der Waals surface area (Å²) in [5, 5.41) is 0. The Morgan fingerprint density at radius 3 is 2.56 bits per heavy atom. The summed E-state index contributed by atoms with van der Waals surface area (Å²) in [5.41, 5.74) is 4.44. The first-order valence-corrected chi connectivity index (χ1v) is 6.24. The maximum atomic E-state index is 12.0. The molecule has 1 heterocycles. The third-order valence-electron chi connectivity index (χ3n) is 2.99. The van der Waals surface area contributed by atoms with Crippen LogP contribution in [-0.4, -0.2) is 41.4 Å². The molecule has 6 heteroatoms. The number of hydrogen-bond acceptors (Lipinski definition) is 4. The molecule has 1 rings (SSSR count). The van der Waals surface area contributed by atoms with Crippen LogP contribution in [-0.2, 0) is 14.3 Å². The van der Waals surface area contributed by atoms with Crippen molar-refractivity contribution in [3.05, 3.63) is 0 Å². The summed E-state index contributed by atoms with van der Waals surface area (Å²) in [6.07, 6.45) is 0.735. The summed E-state index contributed by atoms with van der Waals surface area (Å²) in [4.78, 5) is 24.7. The topological polar surface area (TPSA) is 81.9 Å². The lowest BCUT2D eigenvalue weighted by atomic mass is 10.1. The quantitative estimate of drug-likeness (QED) is 0.769. The van der Waals surface area contributed by atoms with Gasteiger partial charge in [-0.05, 0) is 27.2 Å². The third kappa shape index (κ3) is 2.93. The van der Waals surface area contributed by atoms with Crippen molar-refractivity contribution in [2.24, 2.45) is 5.73 Å². The fourth-order valence-electron chi connectivity index (χ4n) is 2.19. The molecular weight excluding hydrogens is 236 g/mol. The van der Waals surface area contributed by atoms with E-state index in [1.54, 1.807) is 20.8 Å². The monoisotopic (exact) mass is 258 g/mol. The molecule has 2 amide bonds. The molecule has 18 heavy (non-hydrogen) atoms. The fraction of sp³-hybridized carbons (Fsp3) is 0.833. The normalized spacial score (nSPS) is 26.1. The number of nitrogens with zero attached hydrogens (tertiary/aromatic N) is 1. The lowest BCUT2D eigenvalue weighted by Crippen LogP contribution is -2.53. The zero-order valence-corrected chi connectivity index (χ0v) is 11.4. The lowest BCUT2D eigenvalue weighted by Gasteiger charge is -2.31. The molecule has 1 aliphatic heterocycles. The van der Waals surface area contributed by atoms with Crippen molar-refractivity contribution in [1.29, 1.82) is 0 Å². The molecule has 2 atom stereocenters. The molecule has 1 aliphatic rings. The van der Waals surface area contributed by atoms with Crippen molar-refractivity contribution >= 4 is 12.0 Å². The Morgan fingerprint density at radius 1 is 1.44 bits per heavy atom. The first kappa shape index (κ1) is 14.8. The van der Waals surface area contributed by atoms with Crippen LogP contribution in [0.4, 0.5) is 4.79 Å². The summed E-state index contributed by atoms with van der Waals surface area (Å²) < 4.78 is 10.7. The van der Waals surface area contributed by atoms with Crippen LogP contribution in [0.15, 0.2) is 0 Å². The van der Waals surface area contributed by atoms with Crippen LogP contribution in [0, 0.1) is 0 Å². The van der Waals surface area contributed by atoms with Gasteiger partial charge in [0, 0.05) is 0 Å². The Bertz CT molecular complexity index is 330. The van der Waals surface area contributed by atoms with Gasteiger partial charge in [0.1, 0.15) is 11.8 Å². The molecule has 0 aromatic heterocycles. The average Bonchev–Trinajstić information content (AvgIpc) is 2.48. The first-order chi connectivity index (χ1) is 8.31. The number of nitrogens with two attached hydrogens (primary N) is 1. The van der Waals surface area contributed by atoms with Crippen LogP contribution < -0.4 is 5.73 Å². The van der Waals surface area contributed by atoms with Crippen LogP contribution >= 0.6 is 0 Å². The molecule has 0 spiro atoms. The van der Waals surface area contributed by atoms with E-state index in [9.17, 15) is 9.59 Å². The minimum absolute atomic E-state index is 0.335. The molecule has 0 saturated carbocycles. The number of ether oxygens (including phenoxy) is 2. The zero-order valence-electron chi connectivity index (χ0n) is 11.4. The van der Waals surface area contributed by atoms with Crippen molar-refractivity contribution in [2.45, 2.75) is 58.4 Å². The van der Waals surface area contributed by atoms with Crippen LogP contribution in [0.5, 0.6) is 0 Å². The summed E-state index contributed by atoms with van der Waals surface area (Å²) in [7, 11) is 0. The highest BCUT2D eigenvalue weighted by atomic mass is 16.6. The van der Waals surface area contributed by atoms with E-state index in [0.29, 0.717) is 6.61 Å². The molecule has 2 N–H and O–H groups in total. The van der Waals surface area contributed by atoms with Crippen molar-refractivity contribution in [3.63, 3.8) is 0 Å². The molecule has 1 fully saturated rings. The Morgan fingerprint density at radius 2 is 2.06 bits per heavy atom. The molecule has 0 aliphatic carbocycles. The second kappa shape index (κ2) is 5.56. The number of rotatable bonds is 4. The maximum Gasteiger partial charge on any atom is 0.412 e. The Balaban J connectivity index is 2.80. The van der Waals surface area contributed by atoms with Gasteiger partial charge in [0.25, 0.3) is 0 Å². The summed E-state index contributed by atoms with van der Waals surface area (Å²) in [6, 6.07) is -0.783. The lowest BCUT2D eigenvalue weighted by molar-refractivity contribution is -0.123. The molecule has 0 aromatic carbocycles. The van der Waals surface area contributed by atoms with E-state index in [1.165, 1.54) is 4.90 Å². The van der Waals surface area contributed by atoms with E-state index in [-0.39, 0.29) is 0 Å². The fourth-order valence-corrected chi connectivity index (χ4v) is 2.19. The van der Waals surface area contributed by atoms with Gasteiger partial charge in [-0.25, -0.2) is 4.79 Å². The highest BCUT2D eigenvalue weighted by Crippen LogP contribution is 2.32. The number of hydrogen-bond donors (Lipinski definition) is 1. The molecule has 0 radical (unpaired) electrons. The Labute approximate surface area is 107 Å². The largest absolute Gasteiger partial charge is 0.449 e. The van der Waals surface area contributed by atoms with E-state index < -0.39 is 29.9 Å². The highest BCUT2D eigenvalue weighted by molar-refractivity contribution is 5.85. The van der Waals surface area contributed by atoms with E-state index >= 15 is 0 Å². The van der Waals surface area contributed by atoms with Crippen molar-refractivity contribution < 1.29 is 19.1 Å². The number of primary amides is 1. The standard InChI is InChI=1S/C12H22N2O4/c1-5-6-7-17-11(16)14-9(10(13)15)8(2)18-12(14,3)4/h8-9H,5-7H2,1-4H3,(H2,13,15). The van der Waals surface area contributed by atoms with Gasteiger partial charge in [-0.1, -0.05) is 13.3 Å². The number of carbonyl (C=O) groups excluding carboxylic acids is 2. The van der Waals surface area contributed by atoms with E-state index in [1.807, 2.05) is 6.92 Å². The first-order valence-electron chi connectivity index (χ1n) is 6.24. The van der Waals surface area contributed by atoms with Crippen molar-refractivity contribution in [2.75, 3.05) is 6.61 Å². The van der Waals surface area contributed by atoms with Crippen LogP contribution in [0.3, 0.4) is 0 Å². The Kier molecular flexibility index (Phi) is 4.56. The number of unbranched alkanes of at least 4 members (excludes halogenated alkanes) is 1. The van der Waals surface area contributed by atoms with Crippen LogP contribution in [0.1, 0.15) is 40.5 Å². The van der Waals surface area contributed by atoms with Crippen molar-refractivity contribution in [3.8, 4) is 0 Å². The average molecular weight is 258 g/mol. The number of carbonyl (C=O) groups is 2. The number of amides is 2. The molecule has 1 saturated heterocycles. The predicted molar refractivity (Wildman–Crippen MR) is 65.7 cm³/mol. The maximum absolute atomic E-state index is 12.0. The van der Waals surface area contributed by atoms with E-state index in [4.69, 9.17) is 15.2 Å². The van der Waals surface area contributed by atoms with Gasteiger partial charge >= 0.3 is 6.09 Å². The van der Waals surface area contributed by atoms with Gasteiger partial charge < -0.3 is 15.2 Å². The van der Waals surface area contributed by atoms with Gasteiger partial charge in [0.15, 0.2) is 0 Å². The van der Waals surface area contributed by atoms with Gasteiger partial charge in [0.2, 0.25) is 5.91 Å². The zero-order chi connectivity index (χ0) is 13.9. The molecule has 2 unspecified atom stereocenters. The van der Waals surface area contributed by atoms with Crippen molar-refractivity contribution in [1.82, 2.24) is 4.90 Å². The third-order valence-corrected chi connectivity index (χ3v) is 2.99. The van der Waals surface area contributed by atoms with Gasteiger partial charge in [-0.2, -0.15) is 0 Å². The molecule has 0 bridgehead atoms. The second-order valence-corrected chi connectivity index (χ2v) is 4.95. The van der Waals surface area contributed by atoms with Gasteiger partial charge in [-0.3, -0.25) is 9.69 Å². The molecular formula is C12H22N2O4. The second-order valence-electron chi connectivity index (χ2n) is 4.95. The molecule has 0 aromatic rings. The Hall–Kier alpha value is -1.30. The minimum Gasteiger partial charge on any atom is -0.449 e. The van der Waals surface area contributed by atoms with Crippen LogP contribution in [0.2, 0.25) is 0 Å². The highest BCUT2D eigenvalue weighted by Gasteiger charge is 2.51. The van der Waals surface area contributed by atoms with Gasteiger partial charge in [-0.15, -0.1) is 0 Å². The van der Waals surface area contributed by atoms with Crippen LogP contribution in [0.25, 0.3) is 0 Å². The van der Waals surface area contributed by atoms with E-state index in [2.05, 4.69) is 0 Å². The van der Waals surface area contributed by atoms with Gasteiger partial charge in [0.05, 0.1) is 12.7 Å². The predicted octanol–water partition coefficient (Wildman–Crippen LogP) is 1.23. The summed E-state index contributed by atoms with van der Waals surface area (Å²) in [5.74, 6) is -0.583. The van der Waals surface area contributed by atoms with E-state index in [0.717, 1.165) is 12.8 Å². The smallest absolute Gasteiger partial charge is 0.412 e. The SMILES string of the molecule is CCCCOC(=O)N1C(C(N)=O)C(C)OC1(C)C.